The largest absolute Gasteiger partial charge is 0.311 e. The highest BCUT2D eigenvalue weighted by molar-refractivity contribution is 7.00. The lowest BCUT2D eigenvalue weighted by molar-refractivity contribution is 1.24. The number of para-hydroxylation sites is 8. The van der Waals surface area contributed by atoms with E-state index in [1.165, 1.54) is 11.7 Å². The van der Waals surface area contributed by atoms with Crippen LogP contribution in [0.1, 0.15) is 0 Å². The lowest BCUT2D eigenvalue weighted by Crippen LogP contribution is -2.15. The molecule has 0 aliphatic heterocycles. The molecule has 0 unspecified atom stereocenters. The number of hydrogen-bond donors (Lipinski definition) is 0. The van der Waals surface area contributed by atoms with Gasteiger partial charge in [-0.15, -0.1) is 0 Å². The van der Waals surface area contributed by atoms with Crippen LogP contribution in [0.4, 0.5) is 102 Å². The fourth-order valence-corrected chi connectivity index (χ4v) is 12.0. The Morgan fingerprint density at radius 3 is 0.448 bits per heavy atom. The molecule has 0 atom stereocenters. The molecule has 8 nitrogen and oxygen atoms in total. The minimum Gasteiger partial charge on any atom is -0.311 e. The number of fused-ring (bicyclic) bond motifs is 1. The van der Waals surface area contributed by atoms with Crippen LogP contribution >= 0.6 is 11.7 Å². The lowest BCUT2D eigenvalue weighted by atomic mass is 10.1. The molecule has 416 valence electrons. The molecule has 13 aromatic carbocycles. The summed E-state index contributed by atoms with van der Waals surface area (Å²) in [5, 5.41) is 0. The minimum absolute atomic E-state index is 0.771. The van der Waals surface area contributed by atoms with E-state index in [4.69, 9.17) is 8.75 Å². The third-order valence-corrected chi connectivity index (χ3v) is 16.0. The molecule has 87 heavy (non-hydrogen) atoms. The summed E-state index contributed by atoms with van der Waals surface area (Å²) in [6, 6.07) is 124. The minimum atomic E-state index is 0.771. The zero-order chi connectivity index (χ0) is 58.1. The predicted molar refractivity (Wildman–Crippen MR) is 366 cm³/mol. The van der Waals surface area contributed by atoms with E-state index in [0.717, 1.165) is 113 Å². The van der Waals surface area contributed by atoms with E-state index in [9.17, 15) is 0 Å². The summed E-state index contributed by atoms with van der Waals surface area (Å²) in [5.74, 6) is 0. The molecule has 1 heterocycles. The maximum atomic E-state index is 5.21. The van der Waals surface area contributed by atoms with Gasteiger partial charge in [-0.05, 0) is 206 Å². The molecule has 0 fully saturated rings. The molecular formula is C78H58N8S. The average molecular weight is 1140 g/mol. The molecule has 0 spiro atoms. The summed E-state index contributed by atoms with van der Waals surface area (Å²) in [7, 11) is 0. The molecule has 0 bridgehead atoms. The molecule has 0 aliphatic carbocycles. The van der Waals surface area contributed by atoms with Gasteiger partial charge in [0.15, 0.2) is 0 Å². The van der Waals surface area contributed by atoms with Crippen molar-refractivity contribution in [2.24, 2.45) is 0 Å². The number of rotatable bonds is 18. The highest BCUT2D eigenvalue weighted by atomic mass is 32.1. The van der Waals surface area contributed by atoms with Crippen molar-refractivity contribution < 1.29 is 0 Å². The molecule has 0 saturated carbocycles. The first-order valence-corrected chi connectivity index (χ1v) is 29.8. The van der Waals surface area contributed by atoms with Gasteiger partial charge in [0.25, 0.3) is 0 Å². The Bertz CT molecular complexity index is 3770. The summed E-state index contributed by atoms with van der Waals surface area (Å²) >= 11 is 1.22. The van der Waals surface area contributed by atoms with Crippen LogP contribution in [0, 0.1) is 0 Å². The van der Waals surface area contributed by atoms with Crippen LogP contribution in [0.5, 0.6) is 0 Å². The van der Waals surface area contributed by atoms with Gasteiger partial charge in [0.1, 0.15) is 11.0 Å². The van der Waals surface area contributed by atoms with Crippen LogP contribution in [0.15, 0.2) is 352 Å². The first-order chi connectivity index (χ1) is 43.2. The third kappa shape index (κ3) is 11.1. The van der Waals surface area contributed by atoms with Gasteiger partial charge in [-0.1, -0.05) is 146 Å². The number of benzene rings is 13. The standard InChI is InChI=1S/C78H58N8S/c1-9-25-59(26-10-1)81(60-27-11-2-12-28-60)67-41-49-71(50-42-67)85(72-51-43-68(44-52-72)82(61-29-13-3-14-30-61)62-31-15-4-16-32-62)75-57-58-76(78-77(75)79-87-80-78)86(73-53-45-69(46-54-73)83(63-33-17-5-18-34-63)64-35-19-6-20-36-64)74-55-47-70(48-56-74)84(65-37-21-7-22-38-65)66-39-23-8-24-40-66/h1-58H. The zero-order valence-electron chi connectivity index (χ0n) is 47.5. The smallest absolute Gasteiger partial charge is 0.130 e. The van der Waals surface area contributed by atoms with Crippen molar-refractivity contribution in [3.63, 3.8) is 0 Å². The lowest BCUT2D eigenvalue weighted by Gasteiger charge is -2.31. The second-order valence-electron chi connectivity index (χ2n) is 20.8. The quantitative estimate of drug-likeness (QED) is 0.0842. The summed E-state index contributed by atoms with van der Waals surface area (Å²) in [6.07, 6.45) is 0. The van der Waals surface area contributed by atoms with Crippen molar-refractivity contribution in [1.29, 1.82) is 0 Å². The second kappa shape index (κ2) is 24.7. The molecule has 1 aromatic heterocycles. The first-order valence-electron chi connectivity index (χ1n) is 29.1. The van der Waals surface area contributed by atoms with Crippen molar-refractivity contribution in [3.8, 4) is 0 Å². The number of aromatic nitrogens is 2. The Morgan fingerprint density at radius 2 is 0.287 bits per heavy atom. The van der Waals surface area contributed by atoms with Gasteiger partial charge in [-0.25, -0.2) is 0 Å². The summed E-state index contributed by atoms with van der Waals surface area (Å²) in [5.41, 5.74) is 19.8. The van der Waals surface area contributed by atoms with Crippen molar-refractivity contribution in [2.75, 3.05) is 29.4 Å². The van der Waals surface area contributed by atoms with Crippen LogP contribution in [0.3, 0.4) is 0 Å². The average Bonchev–Trinajstić information content (AvgIpc) is 2.65. The molecule has 9 heteroatoms. The van der Waals surface area contributed by atoms with E-state index in [1.54, 1.807) is 0 Å². The third-order valence-electron chi connectivity index (χ3n) is 15.4. The monoisotopic (exact) mass is 1140 g/mol. The van der Waals surface area contributed by atoms with E-state index in [0.29, 0.717) is 0 Å². The Hall–Kier alpha value is -11.5. The highest BCUT2D eigenvalue weighted by Gasteiger charge is 2.26. The maximum Gasteiger partial charge on any atom is 0.130 e. The Morgan fingerprint density at radius 1 is 0.149 bits per heavy atom. The van der Waals surface area contributed by atoms with Gasteiger partial charge in [-0.2, -0.15) is 8.75 Å². The van der Waals surface area contributed by atoms with Gasteiger partial charge in [-0.3, -0.25) is 0 Å². The maximum absolute atomic E-state index is 5.21. The van der Waals surface area contributed by atoms with Gasteiger partial charge < -0.3 is 29.4 Å². The van der Waals surface area contributed by atoms with Gasteiger partial charge in [0.2, 0.25) is 0 Å². The summed E-state index contributed by atoms with van der Waals surface area (Å²) in [6.45, 7) is 0. The molecule has 14 aromatic rings. The Balaban J connectivity index is 0.912. The molecule has 0 N–H and O–H groups in total. The van der Waals surface area contributed by atoms with Gasteiger partial charge in [0, 0.05) is 91.0 Å². The van der Waals surface area contributed by atoms with Crippen molar-refractivity contribution in [3.05, 3.63) is 352 Å². The van der Waals surface area contributed by atoms with Crippen LogP contribution in [0.25, 0.3) is 11.0 Å². The first kappa shape index (κ1) is 53.5. The van der Waals surface area contributed by atoms with Crippen LogP contribution in [0.2, 0.25) is 0 Å². The predicted octanol–water partition coefficient (Wildman–Crippen LogP) is 22.5. The van der Waals surface area contributed by atoms with Crippen molar-refractivity contribution in [2.45, 2.75) is 0 Å². The fraction of sp³-hybridized carbons (Fsp3) is 0. The molecule has 0 amide bonds. The normalized spacial score (nSPS) is 11.0. The Labute approximate surface area is 512 Å². The fourth-order valence-electron chi connectivity index (χ4n) is 11.5. The zero-order valence-corrected chi connectivity index (χ0v) is 48.3. The molecule has 0 saturated heterocycles. The number of hydrogen-bond acceptors (Lipinski definition) is 9. The topological polar surface area (TPSA) is 45.2 Å². The van der Waals surface area contributed by atoms with Crippen molar-refractivity contribution in [1.82, 2.24) is 8.75 Å². The van der Waals surface area contributed by atoms with E-state index < -0.39 is 0 Å². The molecular weight excluding hydrogens is 1080 g/mol. The van der Waals surface area contributed by atoms with Crippen LogP contribution in [-0.4, -0.2) is 8.75 Å². The number of nitrogens with zero attached hydrogens (tertiary/aromatic N) is 8. The summed E-state index contributed by atoms with van der Waals surface area (Å²) in [4.78, 5) is 13.8. The molecule has 0 aliphatic rings. The van der Waals surface area contributed by atoms with Gasteiger partial charge in [0.05, 0.1) is 23.1 Å². The molecule has 0 radical (unpaired) electrons. The van der Waals surface area contributed by atoms with E-state index in [1.807, 2.05) is 0 Å². The molecule has 14 rings (SSSR count). The second-order valence-corrected chi connectivity index (χ2v) is 21.4. The SMILES string of the molecule is c1ccc(N(c2ccccc2)c2ccc(N(c3ccc(N(c4ccccc4)c4ccccc4)cc3)c3ccc(N(c4ccc(N(c5ccccc5)c5ccccc5)cc4)c4ccc(N(c5ccccc5)c5ccccc5)cc4)c4nsnc34)cc2)cc1. The Kier molecular flexibility index (Phi) is 15.2. The van der Waals surface area contributed by atoms with Gasteiger partial charge >= 0.3 is 0 Å². The highest BCUT2D eigenvalue weighted by Crippen LogP contribution is 2.48. The van der Waals surface area contributed by atoms with Crippen LogP contribution in [-0.2, 0) is 0 Å². The van der Waals surface area contributed by atoms with E-state index >= 15 is 0 Å². The van der Waals surface area contributed by atoms with E-state index in [2.05, 4.69) is 381 Å². The van der Waals surface area contributed by atoms with Crippen molar-refractivity contribution >= 4 is 125 Å². The number of anilines is 18. The summed E-state index contributed by atoms with van der Waals surface area (Å²) < 4.78 is 10.4. The van der Waals surface area contributed by atoms with E-state index in [-0.39, 0.29) is 0 Å². The van der Waals surface area contributed by atoms with Crippen LogP contribution < -0.4 is 29.4 Å².